The Kier molecular flexibility index (Phi) is 5.80. The topological polar surface area (TPSA) is 90.3 Å². The molecule has 0 radical (unpaired) electrons. The summed E-state index contributed by atoms with van der Waals surface area (Å²) < 4.78 is 26.1. The van der Waals surface area contributed by atoms with E-state index in [9.17, 15) is 13.2 Å². The highest BCUT2D eigenvalue weighted by Crippen LogP contribution is 2.23. The molecule has 0 heterocycles. The fraction of sp³-hybridized carbons (Fsp3) is 0.263. The van der Waals surface area contributed by atoms with Gasteiger partial charge in [0.2, 0.25) is 10.0 Å². The Balaban J connectivity index is 2.29. The van der Waals surface area contributed by atoms with Crippen LogP contribution in [0.25, 0.3) is 0 Å². The molecule has 2 rings (SSSR count). The number of amides is 1. The fourth-order valence-corrected chi connectivity index (χ4v) is 3.68. The molecule has 0 aromatic heterocycles. The predicted molar refractivity (Wildman–Crippen MR) is 99.1 cm³/mol. The van der Waals surface area contributed by atoms with Crippen LogP contribution >= 0.6 is 0 Å². The van der Waals surface area contributed by atoms with Gasteiger partial charge in [-0.05, 0) is 54.8 Å². The third kappa shape index (κ3) is 4.10. The van der Waals surface area contributed by atoms with Gasteiger partial charge in [0, 0.05) is 26.2 Å². The molecule has 2 aromatic carbocycles. The Hall–Kier alpha value is -2.69. The first-order valence-electron chi connectivity index (χ1n) is 7.98. The summed E-state index contributed by atoms with van der Waals surface area (Å²) in [5, 5.41) is 11.7. The lowest BCUT2D eigenvalue weighted by Crippen LogP contribution is -2.26. The number of nitriles is 1. The van der Waals surface area contributed by atoms with Crippen molar-refractivity contribution in [3.8, 4) is 6.07 Å². The largest absolute Gasteiger partial charge is 0.348 e. The van der Waals surface area contributed by atoms with Crippen LogP contribution in [-0.4, -0.2) is 32.7 Å². The van der Waals surface area contributed by atoms with E-state index in [1.807, 2.05) is 6.07 Å². The molecule has 0 bridgehead atoms. The molecule has 0 aliphatic carbocycles. The maximum absolute atomic E-state index is 12.5. The molecule has 0 fully saturated rings. The van der Waals surface area contributed by atoms with Crippen molar-refractivity contribution in [2.24, 2.45) is 0 Å². The van der Waals surface area contributed by atoms with Crippen LogP contribution in [0.15, 0.2) is 41.3 Å². The van der Waals surface area contributed by atoms with Gasteiger partial charge in [-0.3, -0.25) is 4.79 Å². The average Bonchev–Trinajstić information content (AvgIpc) is 2.61. The Bertz CT molecular complexity index is 990. The highest BCUT2D eigenvalue weighted by atomic mass is 32.2. The second kappa shape index (κ2) is 7.68. The molecule has 0 aliphatic rings. The van der Waals surface area contributed by atoms with E-state index in [0.717, 1.165) is 15.4 Å². The van der Waals surface area contributed by atoms with E-state index in [4.69, 9.17) is 5.26 Å². The van der Waals surface area contributed by atoms with Gasteiger partial charge in [-0.15, -0.1) is 0 Å². The molecule has 1 amide bonds. The Labute approximate surface area is 154 Å². The summed E-state index contributed by atoms with van der Waals surface area (Å²) in [6, 6.07) is 12.1. The molecule has 2 aromatic rings. The second-order valence-corrected chi connectivity index (χ2v) is 8.32. The molecule has 0 spiro atoms. The highest BCUT2D eigenvalue weighted by molar-refractivity contribution is 7.89. The van der Waals surface area contributed by atoms with Crippen molar-refractivity contribution < 1.29 is 13.2 Å². The zero-order chi connectivity index (χ0) is 19.5. The molecular weight excluding hydrogens is 350 g/mol. The number of hydrogen-bond acceptors (Lipinski definition) is 4. The summed E-state index contributed by atoms with van der Waals surface area (Å²) in [6.45, 7) is 3.75. The third-order valence-corrected chi connectivity index (χ3v) is 6.09. The first kappa shape index (κ1) is 19.6. The predicted octanol–water partition coefficient (Wildman–Crippen LogP) is 2.36. The molecule has 0 saturated heterocycles. The van der Waals surface area contributed by atoms with Crippen LogP contribution in [0, 0.1) is 25.2 Å². The molecule has 1 N–H and O–H groups in total. The van der Waals surface area contributed by atoms with Crippen LogP contribution in [-0.2, 0) is 16.6 Å². The van der Waals surface area contributed by atoms with Gasteiger partial charge in [0.1, 0.15) is 0 Å². The van der Waals surface area contributed by atoms with Crippen molar-refractivity contribution in [1.82, 2.24) is 9.62 Å². The highest BCUT2D eigenvalue weighted by Gasteiger charge is 2.22. The molecule has 26 heavy (non-hydrogen) atoms. The van der Waals surface area contributed by atoms with Crippen LogP contribution in [0.2, 0.25) is 0 Å². The van der Waals surface area contributed by atoms with Crippen molar-refractivity contribution >= 4 is 15.9 Å². The Morgan fingerprint density at radius 2 is 1.88 bits per heavy atom. The average molecular weight is 371 g/mol. The lowest BCUT2D eigenvalue weighted by atomic mass is 10.1. The van der Waals surface area contributed by atoms with Crippen molar-refractivity contribution in [3.63, 3.8) is 0 Å². The number of hydrogen-bond donors (Lipinski definition) is 1. The second-order valence-electron chi connectivity index (χ2n) is 6.20. The van der Waals surface area contributed by atoms with E-state index < -0.39 is 10.0 Å². The molecule has 6 nitrogen and oxygen atoms in total. The first-order chi connectivity index (χ1) is 12.2. The fourth-order valence-electron chi connectivity index (χ4n) is 2.46. The number of nitrogens with one attached hydrogen (secondary N) is 1. The van der Waals surface area contributed by atoms with E-state index >= 15 is 0 Å². The van der Waals surface area contributed by atoms with Crippen LogP contribution in [0.1, 0.15) is 32.6 Å². The van der Waals surface area contributed by atoms with Gasteiger partial charge in [-0.2, -0.15) is 5.26 Å². The van der Waals surface area contributed by atoms with Crippen molar-refractivity contribution in [2.45, 2.75) is 25.3 Å². The van der Waals surface area contributed by atoms with E-state index in [-0.39, 0.29) is 22.9 Å². The third-order valence-electron chi connectivity index (χ3n) is 4.15. The SMILES string of the molecule is Cc1cc(C(=O)NCc2cccc(C#N)c2)cc(S(=O)(=O)N(C)C)c1C. The molecule has 0 unspecified atom stereocenters. The van der Waals surface area contributed by atoms with Crippen LogP contribution in [0.3, 0.4) is 0 Å². The van der Waals surface area contributed by atoms with E-state index in [1.165, 1.54) is 20.2 Å². The summed E-state index contributed by atoms with van der Waals surface area (Å²) in [6.07, 6.45) is 0. The minimum absolute atomic E-state index is 0.124. The number of benzene rings is 2. The number of sulfonamides is 1. The number of nitrogens with zero attached hydrogens (tertiary/aromatic N) is 2. The molecule has 136 valence electrons. The maximum Gasteiger partial charge on any atom is 0.251 e. The maximum atomic E-state index is 12.5. The van der Waals surface area contributed by atoms with Crippen molar-refractivity contribution in [2.75, 3.05) is 14.1 Å². The standard InChI is InChI=1S/C19H21N3O3S/c1-13-8-17(10-18(14(13)2)26(24,25)22(3)4)19(23)21-12-16-7-5-6-15(9-16)11-20/h5-10H,12H2,1-4H3,(H,21,23). The lowest BCUT2D eigenvalue weighted by Gasteiger charge is -2.16. The summed E-state index contributed by atoms with van der Waals surface area (Å²) in [5.41, 5.74) is 2.94. The van der Waals surface area contributed by atoms with E-state index in [1.54, 1.807) is 38.1 Å². The van der Waals surface area contributed by atoms with Gasteiger partial charge in [-0.1, -0.05) is 12.1 Å². The zero-order valence-corrected chi connectivity index (χ0v) is 16.0. The smallest absolute Gasteiger partial charge is 0.251 e. The lowest BCUT2D eigenvalue weighted by molar-refractivity contribution is 0.0950. The van der Waals surface area contributed by atoms with Crippen molar-refractivity contribution in [1.29, 1.82) is 5.26 Å². The van der Waals surface area contributed by atoms with Gasteiger partial charge < -0.3 is 5.32 Å². The van der Waals surface area contributed by atoms with Gasteiger partial charge in [0.25, 0.3) is 5.91 Å². The van der Waals surface area contributed by atoms with Crippen molar-refractivity contribution in [3.05, 3.63) is 64.2 Å². The molecule has 0 atom stereocenters. The quantitative estimate of drug-likeness (QED) is 0.873. The van der Waals surface area contributed by atoms with Gasteiger partial charge in [0.05, 0.1) is 16.5 Å². The van der Waals surface area contributed by atoms with Gasteiger partial charge >= 0.3 is 0 Å². The van der Waals surface area contributed by atoms with E-state index in [2.05, 4.69) is 11.4 Å². The monoisotopic (exact) mass is 371 g/mol. The normalized spacial score (nSPS) is 11.2. The molecule has 0 saturated carbocycles. The van der Waals surface area contributed by atoms with E-state index in [0.29, 0.717) is 11.1 Å². The zero-order valence-electron chi connectivity index (χ0n) is 15.2. The number of carbonyl (C=O) groups is 1. The minimum Gasteiger partial charge on any atom is -0.348 e. The summed E-state index contributed by atoms with van der Waals surface area (Å²) >= 11 is 0. The number of carbonyl (C=O) groups excluding carboxylic acids is 1. The summed E-state index contributed by atoms with van der Waals surface area (Å²) in [5.74, 6) is -0.370. The summed E-state index contributed by atoms with van der Waals surface area (Å²) in [7, 11) is -0.730. The van der Waals surface area contributed by atoms with Crippen LogP contribution < -0.4 is 5.32 Å². The Morgan fingerprint density at radius 1 is 1.19 bits per heavy atom. The minimum atomic E-state index is -3.64. The van der Waals surface area contributed by atoms with Gasteiger partial charge in [0.15, 0.2) is 0 Å². The molecule has 7 heteroatoms. The molecule has 0 aliphatic heterocycles. The summed E-state index contributed by atoms with van der Waals surface area (Å²) in [4.78, 5) is 12.6. The van der Waals surface area contributed by atoms with Crippen LogP contribution in [0.5, 0.6) is 0 Å². The molecular formula is C19H21N3O3S. The number of rotatable bonds is 5. The van der Waals surface area contributed by atoms with Crippen LogP contribution in [0.4, 0.5) is 0 Å². The van der Waals surface area contributed by atoms with Gasteiger partial charge in [-0.25, -0.2) is 12.7 Å². The first-order valence-corrected chi connectivity index (χ1v) is 9.42. The Morgan fingerprint density at radius 3 is 2.50 bits per heavy atom. The number of aryl methyl sites for hydroxylation is 1.